The second-order valence-corrected chi connectivity index (χ2v) is 3.16. The lowest BCUT2D eigenvalue weighted by molar-refractivity contribution is -0.139. The average Bonchev–Trinajstić information content (AvgIpc) is 2.26. The summed E-state index contributed by atoms with van der Waals surface area (Å²) >= 11 is 0. The Bertz CT molecular complexity index is 386. The first-order valence-corrected chi connectivity index (χ1v) is 4.65. The van der Waals surface area contributed by atoms with Gasteiger partial charge in [-0.2, -0.15) is 0 Å². The average molecular weight is 226 g/mol. The third-order valence-corrected chi connectivity index (χ3v) is 2.03. The quantitative estimate of drug-likeness (QED) is 0.823. The van der Waals surface area contributed by atoms with E-state index in [-0.39, 0.29) is 0 Å². The highest BCUT2D eigenvalue weighted by Gasteiger charge is 2.10. The predicted octanol–water partition coefficient (Wildman–Crippen LogP) is 1.48. The number of carboxylic acids is 1. The molecule has 0 spiro atoms. The Morgan fingerprint density at radius 1 is 1.19 bits per heavy atom. The molecule has 0 unspecified atom stereocenters. The topological polar surface area (TPSA) is 65.0 Å². The van der Waals surface area contributed by atoms with Gasteiger partial charge in [0.25, 0.3) is 0 Å². The molecule has 0 radical (unpaired) electrons. The number of carboxylic acid groups (broad SMARTS) is 1. The molecule has 1 aromatic rings. The van der Waals surface area contributed by atoms with Crippen LogP contribution in [0.1, 0.15) is 5.56 Å². The van der Waals surface area contributed by atoms with Crippen LogP contribution < -0.4 is 14.2 Å². The summed E-state index contributed by atoms with van der Waals surface area (Å²) in [6.45, 7) is 1.45. The van der Waals surface area contributed by atoms with E-state index in [4.69, 9.17) is 19.3 Å². The Morgan fingerprint density at radius 2 is 1.81 bits per heavy atom. The number of hydrogen-bond donors (Lipinski definition) is 1. The third kappa shape index (κ3) is 2.79. The van der Waals surface area contributed by atoms with Gasteiger partial charge in [0, 0.05) is 6.07 Å². The molecule has 1 N–H and O–H groups in total. The summed E-state index contributed by atoms with van der Waals surface area (Å²) in [7, 11) is 3.03. The van der Waals surface area contributed by atoms with Crippen molar-refractivity contribution < 1.29 is 24.1 Å². The van der Waals surface area contributed by atoms with Crippen molar-refractivity contribution in [2.45, 2.75) is 6.92 Å². The van der Waals surface area contributed by atoms with Crippen LogP contribution in [0.4, 0.5) is 0 Å². The third-order valence-electron chi connectivity index (χ3n) is 2.03. The van der Waals surface area contributed by atoms with Gasteiger partial charge in [-0.15, -0.1) is 0 Å². The first-order chi connectivity index (χ1) is 7.58. The van der Waals surface area contributed by atoms with Crippen molar-refractivity contribution in [3.63, 3.8) is 0 Å². The molecule has 0 fully saturated rings. The number of hydrogen-bond acceptors (Lipinski definition) is 4. The predicted molar refractivity (Wildman–Crippen MR) is 57.4 cm³/mol. The first-order valence-electron chi connectivity index (χ1n) is 4.65. The van der Waals surface area contributed by atoms with E-state index >= 15 is 0 Å². The van der Waals surface area contributed by atoms with Crippen LogP contribution in [0.25, 0.3) is 0 Å². The van der Waals surface area contributed by atoms with Gasteiger partial charge in [0.2, 0.25) is 0 Å². The lowest BCUT2D eigenvalue weighted by Crippen LogP contribution is -2.10. The van der Waals surface area contributed by atoms with Crippen LogP contribution in [0, 0.1) is 6.92 Å². The molecule has 5 nitrogen and oxygen atoms in total. The van der Waals surface area contributed by atoms with E-state index in [0.29, 0.717) is 17.2 Å². The van der Waals surface area contributed by atoms with Crippen LogP contribution in [0.2, 0.25) is 0 Å². The second-order valence-electron chi connectivity index (χ2n) is 3.16. The van der Waals surface area contributed by atoms with Crippen LogP contribution >= 0.6 is 0 Å². The molecule has 0 bridgehead atoms. The standard InChI is InChI=1S/C11H14O5/c1-7-4-9(15-3)10(5-8(7)14-2)16-6-11(12)13/h4-5H,6H2,1-3H3,(H,12,13). The smallest absolute Gasteiger partial charge is 0.341 e. The second kappa shape index (κ2) is 5.25. The number of ether oxygens (including phenoxy) is 3. The molecule has 88 valence electrons. The van der Waals surface area contributed by atoms with Crippen LogP contribution in [0.15, 0.2) is 12.1 Å². The Hall–Kier alpha value is -1.91. The Labute approximate surface area is 93.6 Å². The molecule has 0 saturated heterocycles. The van der Waals surface area contributed by atoms with Crippen molar-refractivity contribution in [2.24, 2.45) is 0 Å². The molecule has 0 aliphatic carbocycles. The van der Waals surface area contributed by atoms with E-state index in [1.165, 1.54) is 14.2 Å². The number of carbonyl (C=O) groups is 1. The number of aliphatic carboxylic acids is 1. The molecule has 0 aliphatic heterocycles. The van der Waals surface area contributed by atoms with Crippen LogP contribution in [0.5, 0.6) is 17.2 Å². The van der Waals surface area contributed by atoms with Crippen LogP contribution in [-0.4, -0.2) is 31.9 Å². The molecule has 1 rings (SSSR count). The van der Waals surface area contributed by atoms with Crippen LogP contribution in [0.3, 0.4) is 0 Å². The van der Waals surface area contributed by atoms with Gasteiger partial charge in [-0.1, -0.05) is 0 Å². The molecule has 5 heteroatoms. The molecule has 0 heterocycles. The first kappa shape index (κ1) is 12.2. The van der Waals surface area contributed by atoms with Gasteiger partial charge in [-0.05, 0) is 18.6 Å². The zero-order chi connectivity index (χ0) is 12.1. The number of rotatable bonds is 5. The van der Waals surface area contributed by atoms with Gasteiger partial charge in [-0.25, -0.2) is 4.79 Å². The van der Waals surface area contributed by atoms with Gasteiger partial charge >= 0.3 is 5.97 Å². The van der Waals surface area contributed by atoms with Crippen molar-refractivity contribution in [2.75, 3.05) is 20.8 Å². The highest BCUT2D eigenvalue weighted by molar-refractivity contribution is 5.68. The largest absolute Gasteiger partial charge is 0.496 e. The summed E-state index contributed by atoms with van der Waals surface area (Å²) in [6.07, 6.45) is 0. The van der Waals surface area contributed by atoms with Crippen LogP contribution in [-0.2, 0) is 4.79 Å². The molecule has 0 aromatic heterocycles. The zero-order valence-corrected chi connectivity index (χ0v) is 9.44. The SMILES string of the molecule is COc1cc(OCC(=O)O)c(OC)cc1C. The summed E-state index contributed by atoms with van der Waals surface area (Å²) in [5, 5.41) is 8.52. The van der Waals surface area contributed by atoms with Crippen molar-refractivity contribution in [1.29, 1.82) is 0 Å². The van der Waals surface area contributed by atoms with Gasteiger partial charge in [0.15, 0.2) is 18.1 Å². The number of benzene rings is 1. The lowest BCUT2D eigenvalue weighted by Gasteiger charge is -2.12. The minimum absolute atomic E-state index is 0.354. The van der Waals surface area contributed by atoms with E-state index in [1.807, 2.05) is 6.92 Å². The maximum Gasteiger partial charge on any atom is 0.341 e. The van der Waals surface area contributed by atoms with Gasteiger partial charge in [-0.3, -0.25) is 0 Å². The summed E-state index contributed by atoms with van der Waals surface area (Å²) < 4.78 is 15.3. The molecule has 1 aromatic carbocycles. The van der Waals surface area contributed by atoms with Crippen molar-refractivity contribution in [3.8, 4) is 17.2 Å². The minimum Gasteiger partial charge on any atom is -0.496 e. The fourth-order valence-electron chi connectivity index (χ4n) is 1.27. The van der Waals surface area contributed by atoms with Gasteiger partial charge in [0.1, 0.15) is 5.75 Å². The maximum absolute atomic E-state index is 10.4. The van der Waals surface area contributed by atoms with Gasteiger partial charge < -0.3 is 19.3 Å². The molecule has 0 saturated carbocycles. The molecular weight excluding hydrogens is 212 g/mol. The molecule has 0 aliphatic rings. The fraction of sp³-hybridized carbons (Fsp3) is 0.364. The Morgan fingerprint density at radius 3 is 2.31 bits per heavy atom. The molecular formula is C11H14O5. The Balaban J connectivity index is 2.99. The Kier molecular flexibility index (Phi) is 3.99. The molecule has 0 atom stereocenters. The van der Waals surface area contributed by atoms with Crippen molar-refractivity contribution in [1.82, 2.24) is 0 Å². The minimum atomic E-state index is -1.04. The van der Waals surface area contributed by atoms with E-state index in [9.17, 15) is 4.79 Å². The fourth-order valence-corrected chi connectivity index (χ4v) is 1.27. The lowest BCUT2D eigenvalue weighted by atomic mass is 10.2. The van der Waals surface area contributed by atoms with E-state index < -0.39 is 12.6 Å². The summed E-state index contributed by atoms with van der Waals surface area (Å²) in [4.78, 5) is 10.4. The molecule has 16 heavy (non-hydrogen) atoms. The number of aryl methyl sites for hydroxylation is 1. The summed E-state index contributed by atoms with van der Waals surface area (Å²) in [5.74, 6) is 0.426. The number of methoxy groups -OCH3 is 2. The maximum atomic E-state index is 10.4. The summed E-state index contributed by atoms with van der Waals surface area (Å²) in [5.41, 5.74) is 0.891. The van der Waals surface area contributed by atoms with Gasteiger partial charge in [0.05, 0.1) is 14.2 Å². The van der Waals surface area contributed by atoms with E-state index in [0.717, 1.165) is 5.56 Å². The highest BCUT2D eigenvalue weighted by Crippen LogP contribution is 2.34. The van der Waals surface area contributed by atoms with Crippen molar-refractivity contribution >= 4 is 5.97 Å². The molecule has 0 amide bonds. The zero-order valence-electron chi connectivity index (χ0n) is 9.44. The highest BCUT2D eigenvalue weighted by atomic mass is 16.5. The normalized spacial score (nSPS) is 9.69. The van der Waals surface area contributed by atoms with Crippen molar-refractivity contribution in [3.05, 3.63) is 17.7 Å². The van der Waals surface area contributed by atoms with E-state index in [1.54, 1.807) is 12.1 Å². The van der Waals surface area contributed by atoms with E-state index in [2.05, 4.69) is 0 Å². The summed E-state index contributed by atoms with van der Waals surface area (Å²) in [6, 6.07) is 3.34. The monoisotopic (exact) mass is 226 g/mol.